The number of pyridine rings is 1. The zero-order valence-corrected chi connectivity index (χ0v) is 11.2. The fourth-order valence-electron chi connectivity index (χ4n) is 1.11. The summed E-state index contributed by atoms with van der Waals surface area (Å²) in [6, 6.07) is 1.04. The number of nitrogens with zero attached hydrogens (tertiary/aromatic N) is 1. The molecule has 0 aliphatic rings. The Morgan fingerprint density at radius 1 is 1.56 bits per heavy atom. The zero-order chi connectivity index (χ0) is 13.9. The van der Waals surface area contributed by atoms with Crippen molar-refractivity contribution in [2.24, 2.45) is 5.73 Å². The molecule has 0 radical (unpaired) electrons. The quantitative estimate of drug-likeness (QED) is 0.644. The maximum absolute atomic E-state index is 12.1. The molecule has 0 saturated carbocycles. The average Bonchev–Trinajstić information content (AvgIpc) is 2.26. The van der Waals surface area contributed by atoms with E-state index in [9.17, 15) is 18.0 Å². The molecule has 0 atom stereocenters. The van der Waals surface area contributed by atoms with Crippen LogP contribution in [0.2, 0.25) is 0 Å². The summed E-state index contributed by atoms with van der Waals surface area (Å²) in [5, 5.41) is 0. The molecule has 0 aliphatic heterocycles. The predicted octanol–water partition coefficient (Wildman–Crippen LogP) is 1.83. The number of halogens is 4. The largest absolute Gasteiger partial charge is 0.573 e. The molecule has 1 aromatic rings. The van der Waals surface area contributed by atoms with Crippen molar-refractivity contribution >= 4 is 28.6 Å². The highest BCUT2D eigenvalue weighted by Crippen LogP contribution is 2.28. The molecule has 2 N–H and O–H groups in total. The first kappa shape index (κ1) is 15.0. The third kappa shape index (κ3) is 3.70. The highest BCUT2D eigenvalue weighted by Gasteiger charge is 2.33. The molecule has 0 unspecified atom stereocenters. The minimum Gasteiger partial charge on any atom is -0.464 e. The molecular formula is C9H8F3IN2O3. The molecule has 9 heteroatoms. The number of carbonyl (C=O) groups is 1. The third-order valence-electron chi connectivity index (χ3n) is 1.81. The minimum absolute atomic E-state index is 0.104. The number of nitrogens with two attached hydrogens (primary N) is 1. The summed E-state index contributed by atoms with van der Waals surface area (Å²) in [6.45, 7) is -0.299. The van der Waals surface area contributed by atoms with Crippen LogP contribution in [0.4, 0.5) is 13.2 Å². The zero-order valence-electron chi connectivity index (χ0n) is 9.05. The van der Waals surface area contributed by atoms with Crippen LogP contribution < -0.4 is 10.5 Å². The van der Waals surface area contributed by atoms with Gasteiger partial charge in [-0.05, 0) is 28.7 Å². The fraction of sp³-hybridized carbons (Fsp3) is 0.333. The number of methoxy groups -OCH3 is 1. The van der Waals surface area contributed by atoms with Gasteiger partial charge in [0.25, 0.3) is 0 Å². The Balaban J connectivity index is 3.23. The molecule has 18 heavy (non-hydrogen) atoms. The first-order chi connectivity index (χ1) is 8.28. The van der Waals surface area contributed by atoms with Crippen molar-refractivity contribution < 1.29 is 27.4 Å². The van der Waals surface area contributed by atoms with Gasteiger partial charge in [-0.1, -0.05) is 0 Å². The lowest BCUT2D eigenvalue weighted by atomic mass is 10.2. The smallest absolute Gasteiger partial charge is 0.464 e. The Hall–Kier alpha value is -1.10. The normalized spacial score (nSPS) is 11.2. The second kappa shape index (κ2) is 5.69. The van der Waals surface area contributed by atoms with Gasteiger partial charge >= 0.3 is 12.3 Å². The molecule has 0 amide bonds. The monoisotopic (exact) mass is 376 g/mol. The lowest BCUT2D eigenvalue weighted by Gasteiger charge is -2.13. The van der Waals surface area contributed by atoms with Gasteiger partial charge in [0.1, 0.15) is 0 Å². The molecule has 1 aromatic heterocycles. The Kier molecular flexibility index (Phi) is 4.73. The molecule has 1 rings (SSSR count). The summed E-state index contributed by atoms with van der Waals surface area (Å²) in [6.07, 6.45) is -4.85. The van der Waals surface area contributed by atoms with Gasteiger partial charge in [0.15, 0.2) is 11.4 Å². The van der Waals surface area contributed by atoms with Crippen LogP contribution in [-0.2, 0) is 11.3 Å². The van der Waals surface area contributed by atoms with Crippen molar-refractivity contribution in [1.82, 2.24) is 4.98 Å². The number of rotatable bonds is 3. The topological polar surface area (TPSA) is 74.4 Å². The van der Waals surface area contributed by atoms with E-state index in [4.69, 9.17) is 5.73 Å². The van der Waals surface area contributed by atoms with E-state index in [1.165, 1.54) is 0 Å². The number of carbonyl (C=O) groups excluding carboxylic acids is 1. The lowest BCUT2D eigenvalue weighted by molar-refractivity contribution is -0.275. The predicted molar refractivity (Wildman–Crippen MR) is 62.9 cm³/mol. The van der Waals surface area contributed by atoms with Gasteiger partial charge in [0.2, 0.25) is 0 Å². The first-order valence-corrected chi connectivity index (χ1v) is 5.60. The maximum Gasteiger partial charge on any atom is 0.573 e. The summed E-state index contributed by atoms with van der Waals surface area (Å²) in [7, 11) is 1.14. The van der Waals surface area contributed by atoms with Crippen LogP contribution in [0.3, 0.4) is 0 Å². The van der Waals surface area contributed by atoms with Gasteiger partial charge in [-0.15, -0.1) is 13.2 Å². The van der Waals surface area contributed by atoms with E-state index >= 15 is 0 Å². The van der Waals surface area contributed by atoms with Gasteiger partial charge < -0.3 is 15.2 Å². The van der Waals surface area contributed by atoms with E-state index in [1.807, 2.05) is 0 Å². The summed E-state index contributed by atoms with van der Waals surface area (Å²) in [4.78, 5) is 15.0. The van der Waals surface area contributed by atoms with Gasteiger partial charge in [-0.2, -0.15) is 0 Å². The van der Waals surface area contributed by atoms with E-state index in [-0.39, 0.29) is 21.5 Å². The number of hydrogen-bond acceptors (Lipinski definition) is 5. The molecule has 100 valence electrons. The summed E-state index contributed by atoms with van der Waals surface area (Å²) in [5.41, 5.74) is 4.99. The number of hydrogen-bond donors (Lipinski definition) is 1. The fourth-order valence-corrected chi connectivity index (χ4v) is 1.73. The third-order valence-corrected chi connectivity index (χ3v) is 2.64. The average molecular weight is 376 g/mol. The summed E-state index contributed by atoms with van der Waals surface area (Å²) >= 11 is 1.66. The van der Waals surface area contributed by atoms with E-state index in [1.54, 1.807) is 22.6 Å². The van der Waals surface area contributed by atoms with Crippen molar-refractivity contribution in [3.63, 3.8) is 0 Å². The molecule has 0 bridgehead atoms. The number of alkyl halides is 3. The summed E-state index contributed by atoms with van der Waals surface area (Å²) < 4.78 is 44.8. The van der Waals surface area contributed by atoms with E-state index in [2.05, 4.69) is 14.5 Å². The Morgan fingerprint density at radius 3 is 2.61 bits per heavy atom. The maximum atomic E-state index is 12.1. The van der Waals surface area contributed by atoms with Crippen LogP contribution in [0.25, 0.3) is 0 Å². The molecule has 1 heterocycles. The molecule has 0 fully saturated rings. The van der Waals surface area contributed by atoms with Crippen LogP contribution in [0.15, 0.2) is 6.07 Å². The SMILES string of the molecule is COC(=O)c1nc(CN)c(OC(F)(F)F)cc1I. The summed E-state index contributed by atoms with van der Waals surface area (Å²) in [5.74, 6) is -1.28. The first-order valence-electron chi connectivity index (χ1n) is 4.52. The second-order valence-electron chi connectivity index (χ2n) is 3.01. The van der Waals surface area contributed by atoms with Gasteiger partial charge in [-0.3, -0.25) is 0 Å². The minimum atomic E-state index is -4.85. The van der Waals surface area contributed by atoms with Crippen molar-refractivity contribution in [3.8, 4) is 5.75 Å². The lowest BCUT2D eigenvalue weighted by Crippen LogP contribution is -2.20. The molecule has 5 nitrogen and oxygen atoms in total. The Bertz CT molecular complexity index is 465. The van der Waals surface area contributed by atoms with Crippen molar-refractivity contribution in [2.45, 2.75) is 12.9 Å². The van der Waals surface area contributed by atoms with E-state index in [0.29, 0.717) is 0 Å². The molecular weight excluding hydrogens is 368 g/mol. The highest BCUT2D eigenvalue weighted by molar-refractivity contribution is 14.1. The van der Waals surface area contributed by atoms with Crippen molar-refractivity contribution in [2.75, 3.05) is 7.11 Å². The second-order valence-corrected chi connectivity index (χ2v) is 4.17. The molecule has 0 aromatic carbocycles. The van der Waals surface area contributed by atoms with Crippen LogP contribution in [0.1, 0.15) is 16.2 Å². The van der Waals surface area contributed by atoms with Gasteiger partial charge in [0.05, 0.1) is 12.8 Å². The van der Waals surface area contributed by atoms with Crippen LogP contribution in [0, 0.1) is 3.57 Å². The van der Waals surface area contributed by atoms with Crippen molar-refractivity contribution in [1.29, 1.82) is 0 Å². The highest BCUT2D eigenvalue weighted by atomic mass is 127. The Labute approximate surface area is 114 Å². The molecule has 0 spiro atoms. The Morgan fingerprint density at radius 2 is 2.17 bits per heavy atom. The van der Waals surface area contributed by atoms with Crippen molar-refractivity contribution in [3.05, 3.63) is 21.0 Å². The van der Waals surface area contributed by atoms with E-state index < -0.39 is 18.1 Å². The number of aromatic nitrogens is 1. The van der Waals surface area contributed by atoms with Gasteiger partial charge in [-0.25, -0.2) is 9.78 Å². The number of esters is 1. The van der Waals surface area contributed by atoms with Crippen LogP contribution in [0.5, 0.6) is 5.75 Å². The molecule has 0 saturated heterocycles. The van der Waals surface area contributed by atoms with E-state index in [0.717, 1.165) is 13.2 Å². The van der Waals surface area contributed by atoms with Crippen LogP contribution in [-0.4, -0.2) is 24.4 Å². The molecule has 0 aliphatic carbocycles. The van der Waals surface area contributed by atoms with Crippen LogP contribution >= 0.6 is 22.6 Å². The standard InChI is InChI=1S/C9H8F3IN2O3/c1-17-8(16)7-4(13)2-6(5(3-14)15-7)18-9(10,11)12/h2H,3,14H2,1H3. The number of ether oxygens (including phenoxy) is 2. The van der Waals surface area contributed by atoms with Gasteiger partial charge in [0, 0.05) is 10.1 Å².